The van der Waals surface area contributed by atoms with Gasteiger partial charge in [-0.2, -0.15) is 0 Å². The summed E-state index contributed by atoms with van der Waals surface area (Å²) in [5.74, 6) is 5.84. The molecule has 0 saturated heterocycles. The fraction of sp³-hybridized carbons (Fsp3) is 0.429. The van der Waals surface area contributed by atoms with Crippen molar-refractivity contribution in [2.24, 2.45) is 0 Å². The molecule has 0 fully saturated rings. The maximum Gasteiger partial charge on any atom is 0.0267 e. The van der Waals surface area contributed by atoms with Crippen LogP contribution in [0.25, 0.3) is 0 Å². The van der Waals surface area contributed by atoms with Crippen LogP contribution in [0.15, 0.2) is 12.7 Å². The fourth-order valence-corrected chi connectivity index (χ4v) is 0.269. The highest BCUT2D eigenvalue weighted by molar-refractivity contribution is 5.01. The lowest BCUT2D eigenvalue weighted by atomic mass is 10.4. The summed E-state index contributed by atoms with van der Waals surface area (Å²) in [6.07, 6.45) is 3.59. The van der Waals surface area contributed by atoms with Gasteiger partial charge in [0.1, 0.15) is 0 Å². The van der Waals surface area contributed by atoms with Gasteiger partial charge in [-0.15, -0.1) is 12.5 Å². The van der Waals surface area contributed by atoms with Crippen LogP contribution < -0.4 is 0 Å². The first-order valence-corrected chi connectivity index (χ1v) is 2.48. The van der Waals surface area contributed by atoms with E-state index in [9.17, 15) is 0 Å². The van der Waals surface area contributed by atoms with Gasteiger partial charge in [-0.3, -0.25) is 0 Å². The highest BCUT2D eigenvalue weighted by Gasteiger charge is 1.59. The van der Waals surface area contributed by atoms with Gasteiger partial charge >= 0.3 is 0 Å². The second kappa shape index (κ2) is 5.30. The monoisotopic (exact) mass is 94.1 g/mol. The largest absolute Gasteiger partial charge is 0.103 e. The highest BCUT2D eigenvalue weighted by Crippen LogP contribution is 1.74. The summed E-state index contributed by atoms with van der Waals surface area (Å²) in [5, 5.41) is 0. The first kappa shape index (κ1) is 6.30. The third-order valence-electron chi connectivity index (χ3n) is 0.548. The topological polar surface area (TPSA) is 0 Å². The minimum Gasteiger partial charge on any atom is -0.103 e. The Morgan fingerprint density at radius 3 is 2.71 bits per heavy atom. The van der Waals surface area contributed by atoms with E-state index in [1.807, 2.05) is 13.0 Å². The Hall–Kier alpha value is -0.700. The number of rotatable bonds is 1. The van der Waals surface area contributed by atoms with Crippen molar-refractivity contribution >= 4 is 0 Å². The molecule has 0 aliphatic rings. The molecule has 0 radical (unpaired) electrons. The Labute approximate surface area is 45.2 Å². The molecule has 0 heterocycles. The number of hydrogen-bond donors (Lipinski definition) is 0. The van der Waals surface area contributed by atoms with Crippen LogP contribution in [-0.2, 0) is 0 Å². The third kappa shape index (κ3) is 5.30. The van der Waals surface area contributed by atoms with E-state index in [1.54, 1.807) is 0 Å². The first-order valence-electron chi connectivity index (χ1n) is 2.48. The van der Waals surface area contributed by atoms with Gasteiger partial charge < -0.3 is 0 Å². The van der Waals surface area contributed by atoms with Gasteiger partial charge in [0.25, 0.3) is 0 Å². The Morgan fingerprint density at radius 1 is 1.57 bits per heavy atom. The van der Waals surface area contributed by atoms with Gasteiger partial charge in [-0.1, -0.05) is 18.9 Å². The summed E-state index contributed by atoms with van der Waals surface area (Å²) in [7, 11) is 0. The van der Waals surface area contributed by atoms with E-state index in [1.165, 1.54) is 0 Å². The van der Waals surface area contributed by atoms with Gasteiger partial charge in [0.05, 0.1) is 0 Å². The summed E-state index contributed by atoms with van der Waals surface area (Å²) in [6.45, 7) is 5.57. The summed E-state index contributed by atoms with van der Waals surface area (Å²) in [4.78, 5) is 0. The molecule has 0 amide bonds. The molecular weight excluding hydrogens is 84.1 g/mol. The molecule has 0 aromatic heterocycles. The standard InChI is InChI=1S/C7H10/c1-3-5-7-6-4-2/h3H,1,4-5H2,2H3. The van der Waals surface area contributed by atoms with Crippen molar-refractivity contribution in [3.63, 3.8) is 0 Å². The lowest BCUT2D eigenvalue weighted by Crippen LogP contribution is -1.54. The Morgan fingerprint density at radius 2 is 2.29 bits per heavy atom. The zero-order valence-corrected chi connectivity index (χ0v) is 4.70. The first-order chi connectivity index (χ1) is 3.41. The zero-order chi connectivity index (χ0) is 5.54. The minimum atomic E-state index is 0.827. The highest BCUT2D eigenvalue weighted by atomic mass is 13.7. The van der Waals surface area contributed by atoms with Crippen LogP contribution in [-0.4, -0.2) is 0 Å². The van der Waals surface area contributed by atoms with Crippen LogP contribution >= 0.6 is 0 Å². The van der Waals surface area contributed by atoms with Gasteiger partial charge in [-0.25, -0.2) is 0 Å². The molecule has 0 N–H and O–H groups in total. The molecule has 0 aliphatic carbocycles. The summed E-state index contributed by atoms with van der Waals surface area (Å²) >= 11 is 0. The lowest BCUT2D eigenvalue weighted by molar-refractivity contribution is 1.27. The van der Waals surface area contributed by atoms with Crippen LogP contribution in [0.5, 0.6) is 0 Å². The van der Waals surface area contributed by atoms with Crippen LogP contribution in [0.2, 0.25) is 0 Å². The number of allylic oxidation sites excluding steroid dienone is 1. The summed E-state index contributed by atoms with van der Waals surface area (Å²) < 4.78 is 0. The van der Waals surface area contributed by atoms with Gasteiger partial charge in [0, 0.05) is 12.8 Å². The number of hydrogen-bond acceptors (Lipinski definition) is 0. The molecule has 0 aromatic rings. The van der Waals surface area contributed by atoms with Gasteiger partial charge in [0.2, 0.25) is 0 Å². The van der Waals surface area contributed by atoms with E-state index >= 15 is 0 Å². The van der Waals surface area contributed by atoms with Crippen molar-refractivity contribution in [1.82, 2.24) is 0 Å². The van der Waals surface area contributed by atoms with Crippen LogP contribution in [0.3, 0.4) is 0 Å². The molecule has 0 saturated carbocycles. The van der Waals surface area contributed by atoms with Crippen LogP contribution in [0, 0.1) is 11.8 Å². The van der Waals surface area contributed by atoms with Crippen molar-refractivity contribution in [1.29, 1.82) is 0 Å². The predicted molar refractivity (Wildman–Crippen MR) is 32.9 cm³/mol. The maximum atomic E-state index is 3.53. The third-order valence-corrected chi connectivity index (χ3v) is 0.548. The van der Waals surface area contributed by atoms with E-state index in [0.717, 1.165) is 12.8 Å². The molecule has 0 unspecified atom stereocenters. The van der Waals surface area contributed by atoms with Crippen molar-refractivity contribution < 1.29 is 0 Å². The molecule has 0 spiro atoms. The van der Waals surface area contributed by atoms with Crippen LogP contribution in [0.4, 0.5) is 0 Å². The summed E-state index contributed by atoms with van der Waals surface area (Å²) in [6, 6.07) is 0. The van der Waals surface area contributed by atoms with E-state index in [-0.39, 0.29) is 0 Å². The minimum absolute atomic E-state index is 0.827. The van der Waals surface area contributed by atoms with Gasteiger partial charge in [-0.05, 0) is 0 Å². The second-order valence-electron chi connectivity index (χ2n) is 1.20. The molecule has 0 rings (SSSR count). The second-order valence-corrected chi connectivity index (χ2v) is 1.20. The molecular formula is C7H10. The SMILES string of the molecule is C=CCC#CCC. The van der Waals surface area contributed by atoms with Crippen molar-refractivity contribution in [2.45, 2.75) is 19.8 Å². The smallest absolute Gasteiger partial charge is 0.0267 e. The normalized spacial score (nSPS) is 6.43. The Kier molecular flexibility index (Phi) is 4.77. The van der Waals surface area contributed by atoms with E-state index < -0.39 is 0 Å². The molecule has 0 nitrogen and oxygen atoms in total. The Bertz CT molecular complexity index is 90.3. The van der Waals surface area contributed by atoms with E-state index in [0.29, 0.717) is 0 Å². The average Bonchev–Trinajstić information content (AvgIpc) is 1.69. The van der Waals surface area contributed by atoms with Crippen LogP contribution in [0.1, 0.15) is 19.8 Å². The maximum absolute atomic E-state index is 3.53. The predicted octanol–water partition coefficient (Wildman–Crippen LogP) is 1.98. The molecule has 0 bridgehead atoms. The van der Waals surface area contributed by atoms with E-state index in [2.05, 4.69) is 18.4 Å². The molecule has 7 heavy (non-hydrogen) atoms. The Balaban J connectivity index is 3.06. The summed E-state index contributed by atoms with van der Waals surface area (Å²) in [5.41, 5.74) is 0. The lowest BCUT2D eigenvalue weighted by Gasteiger charge is -1.68. The van der Waals surface area contributed by atoms with Gasteiger partial charge in [0.15, 0.2) is 0 Å². The molecule has 0 aliphatic heterocycles. The molecule has 0 atom stereocenters. The van der Waals surface area contributed by atoms with Crippen molar-refractivity contribution in [2.75, 3.05) is 0 Å². The van der Waals surface area contributed by atoms with E-state index in [4.69, 9.17) is 0 Å². The van der Waals surface area contributed by atoms with Crippen molar-refractivity contribution in [3.8, 4) is 11.8 Å². The molecule has 0 aromatic carbocycles. The quantitative estimate of drug-likeness (QED) is 0.344. The van der Waals surface area contributed by atoms with Crippen molar-refractivity contribution in [3.05, 3.63) is 12.7 Å². The molecule has 0 heteroatoms. The fourth-order valence-electron chi connectivity index (χ4n) is 0.269. The zero-order valence-electron chi connectivity index (χ0n) is 4.70. The molecule has 38 valence electrons. The average molecular weight is 94.2 g/mol.